The molecule has 0 amide bonds. The molecule has 0 radical (unpaired) electrons. The SMILES string of the molecule is Cc1ccc(C)c(-c2cn3ccc(C)cc3n2)c1.[I-]. The largest absolute Gasteiger partial charge is 1.00 e. The maximum Gasteiger partial charge on any atom is 0.137 e. The summed E-state index contributed by atoms with van der Waals surface area (Å²) in [5.74, 6) is 0. The van der Waals surface area contributed by atoms with Crippen molar-refractivity contribution >= 4 is 5.65 Å². The van der Waals surface area contributed by atoms with Crippen LogP contribution in [0.15, 0.2) is 42.7 Å². The van der Waals surface area contributed by atoms with E-state index in [2.05, 4.69) is 67.9 Å². The zero-order valence-electron chi connectivity index (χ0n) is 11.3. The molecule has 0 unspecified atom stereocenters. The molecule has 0 bridgehead atoms. The monoisotopic (exact) mass is 363 g/mol. The van der Waals surface area contributed by atoms with Gasteiger partial charge >= 0.3 is 0 Å². The summed E-state index contributed by atoms with van der Waals surface area (Å²) in [7, 11) is 0. The number of aromatic nitrogens is 2. The second-order valence-corrected chi connectivity index (χ2v) is 4.91. The van der Waals surface area contributed by atoms with Crippen LogP contribution < -0.4 is 24.0 Å². The predicted octanol–water partition coefficient (Wildman–Crippen LogP) is 0.931. The first-order valence-electron chi connectivity index (χ1n) is 6.16. The van der Waals surface area contributed by atoms with E-state index < -0.39 is 0 Å². The van der Waals surface area contributed by atoms with Crippen LogP contribution >= 0.6 is 0 Å². The van der Waals surface area contributed by atoms with Crippen LogP contribution in [0.2, 0.25) is 0 Å². The average Bonchev–Trinajstić information content (AvgIpc) is 2.74. The molecule has 2 nitrogen and oxygen atoms in total. The minimum Gasteiger partial charge on any atom is -1.00 e. The van der Waals surface area contributed by atoms with Crippen molar-refractivity contribution in [3.05, 3.63) is 59.4 Å². The van der Waals surface area contributed by atoms with Crippen LogP contribution in [0.5, 0.6) is 0 Å². The van der Waals surface area contributed by atoms with Gasteiger partial charge in [0, 0.05) is 18.0 Å². The molecule has 0 saturated carbocycles. The fraction of sp³-hybridized carbons (Fsp3) is 0.188. The first-order valence-corrected chi connectivity index (χ1v) is 6.16. The Kier molecular flexibility index (Phi) is 3.94. The number of pyridine rings is 1. The highest BCUT2D eigenvalue weighted by molar-refractivity contribution is 5.67. The lowest BCUT2D eigenvalue weighted by atomic mass is 10.0. The number of aryl methyl sites for hydroxylation is 3. The second-order valence-electron chi connectivity index (χ2n) is 4.91. The Bertz CT molecular complexity index is 729. The van der Waals surface area contributed by atoms with Crippen LogP contribution in [0.1, 0.15) is 16.7 Å². The summed E-state index contributed by atoms with van der Waals surface area (Å²) < 4.78 is 2.07. The summed E-state index contributed by atoms with van der Waals surface area (Å²) in [5, 5.41) is 0. The molecule has 0 aliphatic heterocycles. The van der Waals surface area contributed by atoms with Gasteiger partial charge in [-0.05, 0) is 50.1 Å². The number of fused-ring (bicyclic) bond motifs is 1. The molecule has 3 aromatic rings. The fourth-order valence-electron chi connectivity index (χ4n) is 2.23. The summed E-state index contributed by atoms with van der Waals surface area (Å²) >= 11 is 0. The van der Waals surface area contributed by atoms with E-state index in [1.165, 1.54) is 22.3 Å². The molecular weight excluding hydrogens is 347 g/mol. The molecule has 98 valence electrons. The molecule has 0 spiro atoms. The number of hydrogen-bond donors (Lipinski definition) is 0. The zero-order chi connectivity index (χ0) is 12.7. The third-order valence-corrected chi connectivity index (χ3v) is 3.28. The Morgan fingerprint density at radius 1 is 0.947 bits per heavy atom. The Labute approximate surface area is 130 Å². The van der Waals surface area contributed by atoms with E-state index in [1.807, 2.05) is 0 Å². The van der Waals surface area contributed by atoms with Gasteiger partial charge in [0.05, 0.1) is 5.69 Å². The molecule has 0 N–H and O–H groups in total. The van der Waals surface area contributed by atoms with E-state index in [9.17, 15) is 0 Å². The number of benzene rings is 1. The Morgan fingerprint density at radius 2 is 1.68 bits per heavy atom. The molecule has 0 aliphatic rings. The van der Waals surface area contributed by atoms with Crippen molar-refractivity contribution in [2.75, 3.05) is 0 Å². The average molecular weight is 363 g/mol. The van der Waals surface area contributed by atoms with E-state index in [1.54, 1.807) is 0 Å². The minimum atomic E-state index is 0. The van der Waals surface area contributed by atoms with Gasteiger partial charge in [-0.3, -0.25) is 0 Å². The number of nitrogens with zero attached hydrogens (tertiary/aromatic N) is 2. The van der Waals surface area contributed by atoms with Crippen molar-refractivity contribution in [2.45, 2.75) is 20.8 Å². The molecule has 3 rings (SSSR count). The number of halogens is 1. The van der Waals surface area contributed by atoms with Crippen molar-refractivity contribution in [1.29, 1.82) is 0 Å². The molecule has 19 heavy (non-hydrogen) atoms. The Morgan fingerprint density at radius 3 is 2.47 bits per heavy atom. The van der Waals surface area contributed by atoms with Crippen LogP contribution in [0, 0.1) is 20.8 Å². The fourth-order valence-corrected chi connectivity index (χ4v) is 2.23. The summed E-state index contributed by atoms with van der Waals surface area (Å²) in [6.45, 7) is 6.33. The lowest BCUT2D eigenvalue weighted by Crippen LogP contribution is -3.00. The summed E-state index contributed by atoms with van der Waals surface area (Å²) in [6, 6.07) is 10.7. The number of imidazole rings is 1. The molecular formula is C16H16IN2-. The van der Waals surface area contributed by atoms with E-state index >= 15 is 0 Å². The van der Waals surface area contributed by atoms with Gasteiger partial charge in [0.15, 0.2) is 0 Å². The molecule has 2 heterocycles. The summed E-state index contributed by atoms with van der Waals surface area (Å²) in [6.07, 6.45) is 4.16. The van der Waals surface area contributed by atoms with Crippen LogP contribution in [0.4, 0.5) is 0 Å². The lowest BCUT2D eigenvalue weighted by Gasteiger charge is -2.03. The molecule has 0 saturated heterocycles. The predicted molar refractivity (Wildman–Crippen MR) is 74.8 cm³/mol. The van der Waals surface area contributed by atoms with E-state index in [0.29, 0.717) is 0 Å². The van der Waals surface area contributed by atoms with Crippen molar-refractivity contribution in [3.63, 3.8) is 0 Å². The van der Waals surface area contributed by atoms with Crippen molar-refractivity contribution < 1.29 is 24.0 Å². The second kappa shape index (κ2) is 5.33. The first kappa shape index (κ1) is 14.1. The van der Waals surface area contributed by atoms with Crippen molar-refractivity contribution in [1.82, 2.24) is 9.38 Å². The molecule has 1 aromatic carbocycles. The third-order valence-electron chi connectivity index (χ3n) is 3.28. The van der Waals surface area contributed by atoms with Crippen LogP contribution in [-0.2, 0) is 0 Å². The topological polar surface area (TPSA) is 17.3 Å². The highest BCUT2D eigenvalue weighted by Gasteiger charge is 2.07. The smallest absolute Gasteiger partial charge is 0.137 e. The molecule has 0 aliphatic carbocycles. The maximum atomic E-state index is 4.71. The van der Waals surface area contributed by atoms with Gasteiger partial charge in [0.25, 0.3) is 0 Å². The number of hydrogen-bond acceptors (Lipinski definition) is 1. The molecule has 2 aromatic heterocycles. The third kappa shape index (κ3) is 2.66. The van der Waals surface area contributed by atoms with Crippen LogP contribution in [0.25, 0.3) is 16.9 Å². The molecule has 0 fully saturated rings. The Balaban J connectivity index is 0.00000133. The van der Waals surface area contributed by atoms with Crippen LogP contribution in [0.3, 0.4) is 0 Å². The van der Waals surface area contributed by atoms with Gasteiger partial charge < -0.3 is 28.4 Å². The van der Waals surface area contributed by atoms with Crippen LogP contribution in [-0.4, -0.2) is 9.38 Å². The van der Waals surface area contributed by atoms with Gasteiger partial charge in [-0.2, -0.15) is 0 Å². The van der Waals surface area contributed by atoms with Gasteiger partial charge in [-0.15, -0.1) is 0 Å². The summed E-state index contributed by atoms with van der Waals surface area (Å²) in [4.78, 5) is 4.71. The van der Waals surface area contributed by atoms with E-state index in [0.717, 1.165) is 11.3 Å². The van der Waals surface area contributed by atoms with Crippen molar-refractivity contribution in [2.24, 2.45) is 0 Å². The van der Waals surface area contributed by atoms with E-state index in [-0.39, 0.29) is 24.0 Å². The standard InChI is InChI=1S/C16H16N2.HI/c1-11-4-5-13(3)14(8-11)15-10-18-7-6-12(2)9-16(18)17-15;/h4-10H,1-3H3;1H/p-1. The Hall–Kier alpha value is -1.36. The lowest BCUT2D eigenvalue weighted by molar-refractivity contribution is -0.00000391. The first-order chi connectivity index (χ1) is 8.63. The highest BCUT2D eigenvalue weighted by atomic mass is 127. The van der Waals surface area contributed by atoms with Gasteiger partial charge in [-0.1, -0.05) is 17.7 Å². The minimum absolute atomic E-state index is 0. The van der Waals surface area contributed by atoms with Gasteiger partial charge in [-0.25, -0.2) is 4.98 Å². The summed E-state index contributed by atoms with van der Waals surface area (Å²) in [5.41, 5.74) is 7.04. The number of rotatable bonds is 1. The zero-order valence-corrected chi connectivity index (χ0v) is 13.5. The maximum absolute atomic E-state index is 4.71. The van der Waals surface area contributed by atoms with Crippen molar-refractivity contribution in [3.8, 4) is 11.3 Å². The molecule has 3 heteroatoms. The highest BCUT2D eigenvalue weighted by Crippen LogP contribution is 2.24. The van der Waals surface area contributed by atoms with Gasteiger partial charge in [0.1, 0.15) is 5.65 Å². The van der Waals surface area contributed by atoms with E-state index in [4.69, 9.17) is 4.98 Å². The normalized spacial score (nSPS) is 10.5. The quantitative estimate of drug-likeness (QED) is 0.588. The molecule has 0 atom stereocenters. The van der Waals surface area contributed by atoms with Gasteiger partial charge in [0.2, 0.25) is 0 Å².